The molecule has 0 radical (unpaired) electrons. The van der Waals surface area contributed by atoms with Gasteiger partial charge in [-0.3, -0.25) is 0 Å². The number of thioether (sulfide) groups is 1. The van der Waals surface area contributed by atoms with E-state index >= 15 is 0 Å². The third-order valence-corrected chi connectivity index (χ3v) is 3.35. The smallest absolute Gasteiger partial charge is 0.0453 e. The van der Waals surface area contributed by atoms with E-state index in [1.54, 1.807) is 11.8 Å². The van der Waals surface area contributed by atoms with Gasteiger partial charge in [-0.05, 0) is 30.4 Å². The van der Waals surface area contributed by atoms with E-state index in [1.807, 2.05) is 18.2 Å². The molecule has 0 aliphatic rings. The molecule has 1 rings (SSSR count). The number of anilines is 1. The second-order valence-corrected chi connectivity index (χ2v) is 4.89. The fourth-order valence-corrected chi connectivity index (χ4v) is 2.46. The maximum atomic E-state index is 5.82. The predicted octanol–water partition coefficient (Wildman–Crippen LogP) is 3.54. The Morgan fingerprint density at radius 3 is 3.00 bits per heavy atom. The van der Waals surface area contributed by atoms with E-state index in [0.29, 0.717) is 0 Å². The van der Waals surface area contributed by atoms with E-state index < -0.39 is 0 Å². The van der Waals surface area contributed by atoms with Gasteiger partial charge in [-0.1, -0.05) is 15.9 Å². The van der Waals surface area contributed by atoms with Gasteiger partial charge in [0.05, 0.1) is 0 Å². The lowest BCUT2D eigenvalue weighted by molar-refractivity contribution is 0.997. The van der Waals surface area contributed by atoms with E-state index in [4.69, 9.17) is 12.2 Å². The van der Waals surface area contributed by atoms with Gasteiger partial charge in [0.2, 0.25) is 0 Å². The quantitative estimate of drug-likeness (QED) is 0.392. The van der Waals surface area contributed by atoms with Crippen LogP contribution in [0.2, 0.25) is 0 Å². The Morgan fingerprint density at radius 2 is 2.29 bits per heavy atom. The zero-order chi connectivity index (χ0) is 10.4. The summed E-state index contributed by atoms with van der Waals surface area (Å²) in [6.45, 7) is 0. The first-order chi connectivity index (χ1) is 6.74. The van der Waals surface area contributed by atoms with Crippen molar-refractivity contribution < 1.29 is 0 Å². The van der Waals surface area contributed by atoms with Crippen molar-refractivity contribution in [2.75, 3.05) is 11.5 Å². The first-order valence-corrected chi connectivity index (χ1v) is 6.13. The molecule has 0 aromatic heterocycles. The number of halogens is 1. The zero-order valence-electron chi connectivity index (χ0n) is 7.79. The number of nitrogens with two attached hydrogens (primary N) is 1. The zero-order valence-corrected chi connectivity index (χ0v) is 10.2. The van der Waals surface area contributed by atoms with Gasteiger partial charge in [0.15, 0.2) is 0 Å². The minimum atomic E-state index is 0.832. The lowest BCUT2D eigenvalue weighted by Crippen LogP contribution is -1.89. The average molecular weight is 270 g/mol. The van der Waals surface area contributed by atoms with Crippen molar-refractivity contribution in [3.05, 3.63) is 22.7 Å². The van der Waals surface area contributed by atoms with Gasteiger partial charge >= 0.3 is 0 Å². The highest BCUT2D eigenvalue weighted by atomic mass is 79.9. The van der Waals surface area contributed by atoms with E-state index in [-0.39, 0.29) is 0 Å². The van der Waals surface area contributed by atoms with Crippen molar-refractivity contribution in [1.82, 2.24) is 0 Å². The Morgan fingerprint density at radius 1 is 1.50 bits per heavy atom. The first kappa shape index (κ1) is 11.5. The molecule has 14 heavy (non-hydrogen) atoms. The molecule has 0 saturated heterocycles. The molecule has 0 aliphatic heterocycles. The summed E-state index contributed by atoms with van der Waals surface area (Å²) in [4.78, 5) is 1.12. The Kier molecular flexibility index (Phi) is 4.92. The fourth-order valence-electron chi connectivity index (χ4n) is 0.990. The van der Waals surface area contributed by atoms with Crippen molar-refractivity contribution in [2.45, 2.75) is 17.7 Å². The topological polar surface area (TPSA) is 26.0 Å². The van der Waals surface area contributed by atoms with Crippen LogP contribution in [0, 0.1) is 12.3 Å². The van der Waals surface area contributed by atoms with Gasteiger partial charge in [-0.25, -0.2) is 0 Å². The van der Waals surface area contributed by atoms with E-state index in [2.05, 4.69) is 21.9 Å². The minimum Gasteiger partial charge on any atom is -0.398 e. The van der Waals surface area contributed by atoms with E-state index in [9.17, 15) is 0 Å². The van der Waals surface area contributed by atoms with Crippen molar-refractivity contribution in [1.29, 1.82) is 0 Å². The molecule has 0 aliphatic carbocycles. The highest BCUT2D eigenvalue weighted by Crippen LogP contribution is 2.28. The summed E-state index contributed by atoms with van der Waals surface area (Å²) in [6.07, 6.45) is 7.04. The molecule has 2 N–H and O–H groups in total. The molecule has 0 heterocycles. The van der Waals surface area contributed by atoms with Crippen LogP contribution in [0.25, 0.3) is 0 Å². The van der Waals surface area contributed by atoms with Crippen LogP contribution in [0.3, 0.4) is 0 Å². The maximum Gasteiger partial charge on any atom is 0.0453 e. The van der Waals surface area contributed by atoms with E-state index in [1.165, 1.54) is 0 Å². The van der Waals surface area contributed by atoms with Crippen LogP contribution in [-0.4, -0.2) is 5.75 Å². The molecule has 0 fully saturated rings. The highest BCUT2D eigenvalue weighted by molar-refractivity contribution is 9.10. The van der Waals surface area contributed by atoms with Gasteiger partial charge in [-0.15, -0.1) is 24.1 Å². The third-order valence-electron chi connectivity index (χ3n) is 1.70. The summed E-state index contributed by atoms with van der Waals surface area (Å²) in [7, 11) is 0. The summed E-state index contributed by atoms with van der Waals surface area (Å²) in [5.41, 5.74) is 6.65. The lowest BCUT2D eigenvalue weighted by atomic mass is 10.3. The number of terminal acetylenes is 1. The molecule has 0 saturated carbocycles. The van der Waals surface area contributed by atoms with Crippen LogP contribution in [-0.2, 0) is 0 Å². The number of hydrogen-bond acceptors (Lipinski definition) is 2. The molecule has 74 valence electrons. The van der Waals surface area contributed by atoms with Crippen molar-refractivity contribution in [3.63, 3.8) is 0 Å². The highest BCUT2D eigenvalue weighted by Gasteiger charge is 2.00. The largest absolute Gasteiger partial charge is 0.398 e. The van der Waals surface area contributed by atoms with Crippen LogP contribution in [0.4, 0.5) is 5.69 Å². The number of nitrogen functional groups attached to an aromatic ring is 1. The molecule has 1 nitrogen and oxygen atoms in total. The average Bonchev–Trinajstić information content (AvgIpc) is 2.18. The SMILES string of the molecule is C#CCCCSc1cc(Br)ccc1N. The molecule has 0 bridgehead atoms. The number of hydrogen-bond donors (Lipinski definition) is 1. The summed E-state index contributed by atoms with van der Waals surface area (Å²) in [5, 5.41) is 0. The van der Waals surface area contributed by atoms with Crippen molar-refractivity contribution in [3.8, 4) is 12.3 Å². The Hall–Kier alpha value is -0.590. The molecular weight excluding hydrogens is 258 g/mol. The van der Waals surface area contributed by atoms with Crippen LogP contribution >= 0.6 is 27.7 Å². The van der Waals surface area contributed by atoms with Crippen LogP contribution in [0.15, 0.2) is 27.6 Å². The second-order valence-electron chi connectivity index (χ2n) is 2.84. The standard InChI is InChI=1S/C11H12BrNS/c1-2-3-4-7-14-11-8-9(12)5-6-10(11)13/h1,5-6,8H,3-4,7,13H2. The number of rotatable bonds is 4. The van der Waals surface area contributed by atoms with Crippen molar-refractivity contribution >= 4 is 33.4 Å². The fraction of sp³-hybridized carbons (Fsp3) is 0.273. The molecule has 0 unspecified atom stereocenters. The predicted molar refractivity (Wildman–Crippen MR) is 67.3 cm³/mol. The molecule has 0 amide bonds. The normalized spacial score (nSPS) is 9.71. The monoisotopic (exact) mass is 269 g/mol. The molecule has 1 aromatic carbocycles. The second kappa shape index (κ2) is 6.00. The van der Waals surface area contributed by atoms with Gasteiger partial charge in [-0.2, -0.15) is 0 Å². The lowest BCUT2D eigenvalue weighted by Gasteiger charge is -2.04. The minimum absolute atomic E-state index is 0.832. The van der Waals surface area contributed by atoms with Gasteiger partial charge in [0, 0.05) is 21.5 Å². The van der Waals surface area contributed by atoms with Gasteiger partial charge < -0.3 is 5.73 Å². The molecule has 0 atom stereocenters. The van der Waals surface area contributed by atoms with Gasteiger partial charge in [0.1, 0.15) is 0 Å². The Labute approximate surface area is 97.6 Å². The molecule has 0 spiro atoms. The van der Waals surface area contributed by atoms with Crippen molar-refractivity contribution in [2.24, 2.45) is 0 Å². The first-order valence-electron chi connectivity index (χ1n) is 4.35. The van der Waals surface area contributed by atoms with Crippen LogP contribution in [0.5, 0.6) is 0 Å². The van der Waals surface area contributed by atoms with E-state index in [0.717, 1.165) is 33.7 Å². The Balaban J connectivity index is 2.50. The number of benzene rings is 1. The summed E-state index contributed by atoms with van der Waals surface area (Å²) < 4.78 is 1.06. The summed E-state index contributed by atoms with van der Waals surface area (Å²) >= 11 is 5.17. The number of unbranched alkanes of at least 4 members (excludes halogenated alkanes) is 1. The summed E-state index contributed by atoms with van der Waals surface area (Å²) in [5.74, 6) is 3.64. The Bertz CT molecular complexity index is 344. The molecule has 1 aromatic rings. The van der Waals surface area contributed by atoms with Crippen LogP contribution in [0.1, 0.15) is 12.8 Å². The summed E-state index contributed by atoms with van der Waals surface area (Å²) in [6, 6.07) is 5.89. The van der Waals surface area contributed by atoms with Crippen LogP contribution < -0.4 is 5.73 Å². The van der Waals surface area contributed by atoms with Gasteiger partial charge in [0.25, 0.3) is 0 Å². The molecular formula is C11H12BrNS. The maximum absolute atomic E-state index is 5.82. The molecule has 3 heteroatoms. The third kappa shape index (κ3) is 3.65.